The molecule has 0 aromatic rings. The smallest absolute Gasteiger partial charge is 0.323 e. The van der Waals surface area contributed by atoms with Crippen molar-refractivity contribution in [2.45, 2.75) is 19.4 Å². The Kier molecular flexibility index (Phi) is 4.71. The maximum absolute atomic E-state index is 11.4. The van der Waals surface area contributed by atoms with Crippen LogP contribution in [-0.4, -0.2) is 53.2 Å². The summed E-state index contributed by atoms with van der Waals surface area (Å²) in [5.41, 5.74) is 0. The van der Waals surface area contributed by atoms with Crippen LogP contribution in [0.15, 0.2) is 0 Å². The molecule has 0 radical (unpaired) electrons. The number of ether oxygens (including phenoxy) is 1. The third-order valence-corrected chi connectivity index (χ3v) is 3.79. The van der Waals surface area contributed by atoms with Crippen LogP contribution in [0.4, 0.5) is 0 Å². The molecule has 0 spiro atoms. The SMILES string of the molecule is CCC(C(=O)OC)N1CC[S+]([O-])CC1. The highest BCUT2D eigenvalue weighted by Crippen LogP contribution is 2.11. The van der Waals surface area contributed by atoms with E-state index in [2.05, 4.69) is 4.90 Å². The second kappa shape index (κ2) is 5.58. The molecule has 82 valence electrons. The first-order valence-corrected chi connectivity index (χ1v) is 6.34. The van der Waals surface area contributed by atoms with E-state index in [1.807, 2.05) is 6.92 Å². The molecule has 4 nitrogen and oxygen atoms in total. The molecule has 0 bridgehead atoms. The highest BCUT2D eigenvalue weighted by atomic mass is 32.2. The molecule has 1 aliphatic rings. The van der Waals surface area contributed by atoms with Gasteiger partial charge < -0.3 is 9.29 Å². The lowest BCUT2D eigenvalue weighted by molar-refractivity contribution is -0.147. The molecule has 0 aliphatic carbocycles. The highest BCUT2D eigenvalue weighted by molar-refractivity contribution is 7.91. The third-order valence-electron chi connectivity index (χ3n) is 2.51. The monoisotopic (exact) mass is 219 g/mol. The maximum Gasteiger partial charge on any atom is 0.323 e. The van der Waals surface area contributed by atoms with Gasteiger partial charge in [0.15, 0.2) is 0 Å². The summed E-state index contributed by atoms with van der Waals surface area (Å²) in [5, 5.41) is 0. The summed E-state index contributed by atoms with van der Waals surface area (Å²) in [4.78, 5) is 13.4. The molecule has 1 fully saturated rings. The molecular formula is C9H17NO3S. The maximum atomic E-state index is 11.4. The van der Waals surface area contributed by atoms with Crippen molar-refractivity contribution in [1.82, 2.24) is 4.90 Å². The zero-order valence-corrected chi connectivity index (χ0v) is 9.51. The normalized spacial score (nSPS) is 21.9. The van der Waals surface area contributed by atoms with E-state index in [0.717, 1.165) is 19.5 Å². The number of methoxy groups -OCH3 is 1. The molecule has 1 atom stereocenters. The topological polar surface area (TPSA) is 52.6 Å². The average molecular weight is 219 g/mol. The van der Waals surface area contributed by atoms with Crippen molar-refractivity contribution in [1.29, 1.82) is 0 Å². The van der Waals surface area contributed by atoms with E-state index >= 15 is 0 Å². The molecule has 0 aromatic heterocycles. The van der Waals surface area contributed by atoms with Crippen LogP contribution in [-0.2, 0) is 20.7 Å². The molecule has 5 heteroatoms. The van der Waals surface area contributed by atoms with Gasteiger partial charge in [-0.3, -0.25) is 9.69 Å². The minimum Gasteiger partial charge on any atom is -0.616 e. The van der Waals surface area contributed by atoms with Gasteiger partial charge in [-0.05, 0) is 6.42 Å². The van der Waals surface area contributed by atoms with Crippen molar-refractivity contribution in [3.63, 3.8) is 0 Å². The number of hydrogen-bond donors (Lipinski definition) is 0. The number of nitrogens with zero attached hydrogens (tertiary/aromatic N) is 1. The van der Waals surface area contributed by atoms with Gasteiger partial charge in [0.25, 0.3) is 0 Å². The van der Waals surface area contributed by atoms with Gasteiger partial charge in [-0.15, -0.1) is 0 Å². The van der Waals surface area contributed by atoms with Crippen LogP contribution >= 0.6 is 0 Å². The van der Waals surface area contributed by atoms with Crippen molar-refractivity contribution < 1.29 is 14.1 Å². The zero-order valence-electron chi connectivity index (χ0n) is 8.69. The molecule has 1 saturated heterocycles. The van der Waals surface area contributed by atoms with Crippen LogP contribution in [0.1, 0.15) is 13.3 Å². The first-order chi connectivity index (χ1) is 6.69. The van der Waals surface area contributed by atoms with Crippen molar-refractivity contribution in [3.8, 4) is 0 Å². The minimum atomic E-state index is -0.688. The number of rotatable bonds is 3. The van der Waals surface area contributed by atoms with E-state index in [-0.39, 0.29) is 12.0 Å². The van der Waals surface area contributed by atoms with Crippen molar-refractivity contribution in [2.24, 2.45) is 0 Å². The summed E-state index contributed by atoms with van der Waals surface area (Å²) >= 11 is -0.688. The Labute approximate surface area is 87.8 Å². The van der Waals surface area contributed by atoms with E-state index in [1.54, 1.807) is 0 Å². The summed E-state index contributed by atoms with van der Waals surface area (Å²) in [6.07, 6.45) is 0.749. The Morgan fingerprint density at radius 2 is 2.14 bits per heavy atom. The minimum absolute atomic E-state index is 0.155. The fourth-order valence-electron chi connectivity index (χ4n) is 1.67. The van der Waals surface area contributed by atoms with Gasteiger partial charge in [-0.1, -0.05) is 18.1 Å². The van der Waals surface area contributed by atoms with Crippen LogP contribution in [0.5, 0.6) is 0 Å². The summed E-state index contributed by atoms with van der Waals surface area (Å²) in [5.74, 6) is 1.17. The first kappa shape index (κ1) is 11.8. The molecule has 0 N–H and O–H groups in total. The number of carbonyl (C=O) groups excluding carboxylic acids is 1. The molecule has 1 rings (SSSR count). The molecule has 0 aromatic carbocycles. The van der Waals surface area contributed by atoms with Crippen LogP contribution in [0.2, 0.25) is 0 Å². The summed E-state index contributed by atoms with van der Waals surface area (Å²) in [7, 11) is 1.41. The largest absolute Gasteiger partial charge is 0.616 e. The van der Waals surface area contributed by atoms with E-state index < -0.39 is 11.2 Å². The standard InChI is InChI=1S/C9H17NO3S/c1-3-8(9(11)13-2)10-4-6-14(12)7-5-10/h8H,3-7H2,1-2H3. The average Bonchev–Trinajstić information content (AvgIpc) is 2.21. The van der Waals surface area contributed by atoms with Gasteiger partial charge in [-0.25, -0.2) is 0 Å². The summed E-state index contributed by atoms with van der Waals surface area (Å²) < 4.78 is 15.9. The fraction of sp³-hybridized carbons (Fsp3) is 0.889. The molecule has 0 saturated carbocycles. The zero-order chi connectivity index (χ0) is 10.6. The molecule has 14 heavy (non-hydrogen) atoms. The third kappa shape index (κ3) is 2.87. The lowest BCUT2D eigenvalue weighted by Gasteiger charge is -2.32. The number of hydrogen-bond acceptors (Lipinski definition) is 4. The molecule has 1 aliphatic heterocycles. The Morgan fingerprint density at radius 3 is 2.57 bits per heavy atom. The molecule has 1 unspecified atom stereocenters. The summed E-state index contributed by atoms with van der Waals surface area (Å²) in [6.45, 7) is 3.44. The van der Waals surface area contributed by atoms with E-state index in [1.165, 1.54) is 7.11 Å². The highest BCUT2D eigenvalue weighted by Gasteiger charge is 2.29. The van der Waals surface area contributed by atoms with Crippen LogP contribution in [0, 0.1) is 0 Å². The van der Waals surface area contributed by atoms with Gasteiger partial charge in [0.2, 0.25) is 0 Å². The van der Waals surface area contributed by atoms with Crippen molar-refractivity contribution in [3.05, 3.63) is 0 Å². The van der Waals surface area contributed by atoms with Crippen LogP contribution in [0.25, 0.3) is 0 Å². The Hall–Kier alpha value is -0.260. The van der Waals surface area contributed by atoms with Gasteiger partial charge in [0.05, 0.1) is 7.11 Å². The second-order valence-electron chi connectivity index (χ2n) is 3.33. The predicted octanol–water partition coefficient (Wildman–Crippen LogP) is 0.00230. The van der Waals surface area contributed by atoms with E-state index in [9.17, 15) is 9.35 Å². The fourth-order valence-corrected chi connectivity index (χ4v) is 2.75. The van der Waals surface area contributed by atoms with Gasteiger partial charge in [-0.2, -0.15) is 0 Å². The Morgan fingerprint density at radius 1 is 1.57 bits per heavy atom. The quantitative estimate of drug-likeness (QED) is 0.495. The van der Waals surface area contributed by atoms with Crippen molar-refractivity contribution in [2.75, 3.05) is 31.7 Å². The van der Waals surface area contributed by atoms with E-state index in [0.29, 0.717) is 11.5 Å². The molecule has 0 amide bonds. The summed E-state index contributed by atoms with van der Waals surface area (Å²) in [6, 6.07) is -0.155. The van der Waals surface area contributed by atoms with Gasteiger partial charge >= 0.3 is 5.97 Å². The van der Waals surface area contributed by atoms with Gasteiger partial charge in [0, 0.05) is 13.1 Å². The van der Waals surface area contributed by atoms with E-state index in [4.69, 9.17) is 4.74 Å². The second-order valence-corrected chi connectivity index (χ2v) is 5.03. The lowest BCUT2D eigenvalue weighted by atomic mass is 10.2. The van der Waals surface area contributed by atoms with Gasteiger partial charge in [0.1, 0.15) is 17.5 Å². The molecule has 1 heterocycles. The van der Waals surface area contributed by atoms with Crippen molar-refractivity contribution >= 4 is 17.1 Å². The number of carbonyl (C=O) groups is 1. The molecular weight excluding hydrogens is 202 g/mol. The van der Waals surface area contributed by atoms with Crippen LogP contribution in [0.3, 0.4) is 0 Å². The Balaban J connectivity index is 2.48. The Bertz CT molecular complexity index is 192. The lowest BCUT2D eigenvalue weighted by Crippen LogP contribution is -2.49. The van der Waals surface area contributed by atoms with Crippen LogP contribution < -0.4 is 0 Å². The first-order valence-electron chi connectivity index (χ1n) is 4.86. The number of esters is 1. The predicted molar refractivity (Wildman–Crippen MR) is 55.5 cm³/mol.